The van der Waals surface area contributed by atoms with Crippen molar-refractivity contribution in [3.05, 3.63) is 25.1 Å². The van der Waals surface area contributed by atoms with Crippen molar-refractivity contribution in [1.82, 2.24) is 5.01 Å². The van der Waals surface area contributed by atoms with Crippen molar-refractivity contribution in [3.63, 3.8) is 0 Å². The Bertz CT molecular complexity index is 87.7. The maximum absolute atomic E-state index is 5.29. The van der Waals surface area contributed by atoms with Crippen molar-refractivity contribution in [2.45, 2.75) is 0 Å². The molecule has 8 heavy (non-hydrogen) atoms. The van der Waals surface area contributed by atoms with Crippen LogP contribution in [0, 0.1) is 0 Å². The molecule has 0 aromatic carbocycles. The van der Waals surface area contributed by atoms with Gasteiger partial charge in [0.1, 0.15) is 0 Å². The summed E-state index contributed by atoms with van der Waals surface area (Å²) >= 11 is 0. The molecule has 0 saturated carbocycles. The Morgan fingerprint density at radius 1 is 1.62 bits per heavy atom. The maximum atomic E-state index is 5.29. The molecule has 4 N–H and O–H groups in total. The van der Waals surface area contributed by atoms with E-state index in [1.807, 2.05) is 0 Å². The first-order valence-corrected chi connectivity index (χ1v) is 2.32. The second kappa shape index (κ2) is 4.21. The van der Waals surface area contributed by atoms with E-state index in [0.29, 0.717) is 6.54 Å². The molecule has 0 aliphatic carbocycles. The number of hydrogen-bond donors (Lipinski definition) is 2. The highest BCUT2D eigenvalue weighted by Crippen LogP contribution is 1.75. The van der Waals surface area contributed by atoms with Gasteiger partial charge in [0.2, 0.25) is 0 Å². The third-order valence-electron chi connectivity index (χ3n) is 0.617. The molecule has 0 heterocycles. The number of nitrogens with two attached hydrogens (primary N) is 2. The molecule has 3 nitrogen and oxygen atoms in total. The van der Waals surface area contributed by atoms with Crippen LogP contribution in [0.5, 0.6) is 0 Å². The van der Waals surface area contributed by atoms with E-state index in [1.54, 1.807) is 12.3 Å². The van der Waals surface area contributed by atoms with Gasteiger partial charge in [-0.2, -0.15) is 0 Å². The molecule has 0 aromatic rings. The minimum atomic E-state index is 0.619. The van der Waals surface area contributed by atoms with Crippen LogP contribution in [-0.2, 0) is 0 Å². The lowest BCUT2D eigenvalue weighted by Crippen LogP contribution is -2.24. The fraction of sp³-hybridized carbons (Fsp3) is 0.200. The molecule has 0 unspecified atom stereocenters. The monoisotopic (exact) mass is 113 g/mol. The van der Waals surface area contributed by atoms with Crippen LogP contribution < -0.4 is 11.6 Å². The van der Waals surface area contributed by atoms with E-state index in [-0.39, 0.29) is 0 Å². The van der Waals surface area contributed by atoms with Crippen LogP contribution in [0.2, 0.25) is 0 Å². The van der Waals surface area contributed by atoms with E-state index in [2.05, 4.69) is 6.58 Å². The van der Waals surface area contributed by atoms with Gasteiger partial charge in [-0.15, -0.1) is 6.58 Å². The van der Waals surface area contributed by atoms with E-state index in [4.69, 9.17) is 11.6 Å². The molecule has 3 heteroatoms. The Balaban J connectivity index is 3.31. The van der Waals surface area contributed by atoms with Crippen LogP contribution in [0.25, 0.3) is 0 Å². The summed E-state index contributed by atoms with van der Waals surface area (Å²) in [6, 6.07) is 0. The topological polar surface area (TPSA) is 55.3 Å². The predicted octanol–water partition coefficient (Wildman–Crippen LogP) is -0.222. The Kier molecular flexibility index (Phi) is 3.70. The molecule has 0 aliphatic rings. The van der Waals surface area contributed by atoms with Gasteiger partial charge < -0.3 is 10.7 Å². The highest BCUT2D eigenvalue weighted by atomic mass is 15.4. The average Bonchev–Trinajstić information content (AvgIpc) is 1.68. The zero-order valence-corrected chi connectivity index (χ0v) is 4.75. The SMILES string of the molecule is C=CCN(N)/C=C\N. The van der Waals surface area contributed by atoms with Crippen LogP contribution >= 0.6 is 0 Å². The number of hydrogen-bond acceptors (Lipinski definition) is 3. The molecule has 0 aliphatic heterocycles. The van der Waals surface area contributed by atoms with Crippen LogP contribution in [-0.4, -0.2) is 11.6 Å². The molecule has 0 radical (unpaired) electrons. The Morgan fingerprint density at radius 3 is 2.62 bits per heavy atom. The van der Waals surface area contributed by atoms with Crippen molar-refractivity contribution < 1.29 is 0 Å². The number of rotatable bonds is 3. The second-order valence-electron chi connectivity index (χ2n) is 1.33. The first kappa shape index (κ1) is 7.04. The van der Waals surface area contributed by atoms with E-state index in [0.717, 1.165) is 0 Å². The normalized spacial score (nSPS) is 9.62. The lowest BCUT2D eigenvalue weighted by Gasteiger charge is -2.07. The lowest BCUT2D eigenvalue weighted by molar-refractivity contribution is 0.438. The van der Waals surface area contributed by atoms with Crippen LogP contribution in [0.4, 0.5) is 0 Å². The van der Waals surface area contributed by atoms with Gasteiger partial charge in [-0.3, -0.25) is 0 Å². The highest BCUT2D eigenvalue weighted by molar-refractivity contribution is 4.79. The zero-order valence-electron chi connectivity index (χ0n) is 4.75. The smallest absolute Gasteiger partial charge is 0.0514 e. The van der Waals surface area contributed by atoms with Gasteiger partial charge in [-0.1, -0.05) is 6.08 Å². The summed E-state index contributed by atoms with van der Waals surface area (Å²) in [5.41, 5.74) is 5.02. The van der Waals surface area contributed by atoms with Crippen LogP contribution in [0.3, 0.4) is 0 Å². The van der Waals surface area contributed by atoms with Crippen molar-refractivity contribution in [1.29, 1.82) is 0 Å². The van der Waals surface area contributed by atoms with E-state index >= 15 is 0 Å². The van der Waals surface area contributed by atoms with Gasteiger partial charge in [0.05, 0.1) is 6.54 Å². The molecule has 0 aromatic heterocycles. The molecular formula is C5H11N3. The average molecular weight is 113 g/mol. The summed E-state index contributed by atoms with van der Waals surface area (Å²) in [6.07, 6.45) is 4.64. The summed E-state index contributed by atoms with van der Waals surface area (Å²) in [5.74, 6) is 5.29. The molecule has 0 fully saturated rings. The molecule has 0 bridgehead atoms. The fourth-order valence-electron chi connectivity index (χ4n) is 0.320. The molecule has 0 amide bonds. The molecule has 0 atom stereocenters. The van der Waals surface area contributed by atoms with Gasteiger partial charge in [0.25, 0.3) is 0 Å². The second-order valence-corrected chi connectivity index (χ2v) is 1.33. The third-order valence-corrected chi connectivity index (χ3v) is 0.617. The summed E-state index contributed by atoms with van der Waals surface area (Å²) in [4.78, 5) is 0. The van der Waals surface area contributed by atoms with Crippen molar-refractivity contribution in [3.8, 4) is 0 Å². The largest absolute Gasteiger partial charge is 0.403 e. The van der Waals surface area contributed by atoms with Gasteiger partial charge in [-0.05, 0) is 0 Å². The summed E-state index contributed by atoms with van der Waals surface area (Å²) < 4.78 is 0. The quantitative estimate of drug-likeness (QED) is 0.302. The van der Waals surface area contributed by atoms with Gasteiger partial charge in [-0.25, -0.2) is 5.84 Å². The van der Waals surface area contributed by atoms with Crippen LogP contribution in [0.15, 0.2) is 25.1 Å². The summed E-state index contributed by atoms with van der Waals surface area (Å²) in [6.45, 7) is 4.11. The Labute approximate surface area is 49.2 Å². The third kappa shape index (κ3) is 3.24. The first-order chi connectivity index (χ1) is 3.81. The number of hydrazine groups is 1. The molecule has 0 rings (SSSR count). The lowest BCUT2D eigenvalue weighted by atomic mass is 10.6. The minimum absolute atomic E-state index is 0.619. The highest BCUT2D eigenvalue weighted by Gasteiger charge is 1.80. The summed E-state index contributed by atoms with van der Waals surface area (Å²) in [7, 11) is 0. The van der Waals surface area contributed by atoms with Crippen molar-refractivity contribution in [2.75, 3.05) is 6.54 Å². The van der Waals surface area contributed by atoms with Crippen molar-refractivity contribution >= 4 is 0 Å². The minimum Gasteiger partial charge on any atom is -0.403 e. The molecular weight excluding hydrogens is 102 g/mol. The van der Waals surface area contributed by atoms with E-state index in [9.17, 15) is 0 Å². The molecule has 0 saturated heterocycles. The Hall–Kier alpha value is -0.960. The summed E-state index contributed by atoms with van der Waals surface area (Å²) in [5, 5.41) is 1.44. The van der Waals surface area contributed by atoms with Gasteiger partial charge >= 0.3 is 0 Å². The van der Waals surface area contributed by atoms with Crippen molar-refractivity contribution in [2.24, 2.45) is 11.6 Å². The first-order valence-electron chi connectivity index (χ1n) is 2.32. The standard InChI is InChI=1S/C5H11N3/c1-2-4-8(7)5-3-6/h2-3,5H,1,4,6-7H2/b5-3-. The predicted molar refractivity (Wildman–Crippen MR) is 34.4 cm³/mol. The molecule has 0 spiro atoms. The van der Waals surface area contributed by atoms with E-state index < -0.39 is 0 Å². The van der Waals surface area contributed by atoms with E-state index in [1.165, 1.54) is 11.2 Å². The van der Waals surface area contributed by atoms with Gasteiger partial charge in [0.15, 0.2) is 0 Å². The maximum Gasteiger partial charge on any atom is 0.0514 e. The Morgan fingerprint density at radius 2 is 2.25 bits per heavy atom. The fourth-order valence-corrected chi connectivity index (χ4v) is 0.320. The van der Waals surface area contributed by atoms with Gasteiger partial charge in [0, 0.05) is 12.4 Å². The van der Waals surface area contributed by atoms with Crippen LogP contribution in [0.1, 0.15) is 0 Å². The molecule has 46 valence electrons. The zero-order chi connectivity index (χ0) is 6.41. The number of nitrogens with zero attached hydrogens (tertiary/aromatic N) is 1.